The van der Waals surface area contributed by atoms with Gasteiger partial charge in [0.05, 0.1) is 11.4 Å². The van der Waals surface area contributed by atoms with Gasteiger partial charge in [-0.1, -0.05) is 12.1 Å². The topological polar surface area (TPSA) is 52.7 Å². The number of carbonyl (C=O) groups excluding carboxylic acids is 2. The van der Waals surface area contributed by atoms with Gasteiger partial charge in [0.2, 0.25) is 0 Å². The average Bonchev–Trinajstić information content (AvgIpc) is 3.08. The minimum Gasteiger partial charge on any atom is -0.309 e. The summed E-state index contributed by atoms with van der Waals surface area (Å²) in [5.74, 6) is -1.34. The highest BCUT2D eigenvalue weighted by Gasteiger charge is 2.63. The summed E-state index contributed by atoms with van der Waals surface area (Å²) >= 11 is 1.32. The SMILES string of the molecule is CCN1C(=O)[C@]2(SC(C)(C)CN2C(=O)Nc2ccccc2F)c2cc(F)ccc21. The Morgan fingerprint density at radius 3 is 2.62 bits per heavy atom. The average molecular weight is 417 g/mol. The van der Waals surface area contributed by atoms with Gasteiger partial charge in [-0.3, -0.25) is 9.69 Å². The van der Waals surface area contributed by atoms with Crippen molar-refractivity contribution in [1.82, 2.24) is 4.90 Å². The van der Waals surface area contributed by atoms with Crippen LogP contribution in [0.25, 0.3) is 0 Å². The van der Waals surface area contributed by atoms with Crippen LogP contribution in [0.1, 0.15) is 26.3 Å². The van der Waals surface area contributed by atoms with E-state index in [4.69, 9.17) is 0 Å². The van der Waals surface area contributed by atoms with Gasteiger partial charge >= 0.3 is 6.03 Å². The number of hydrogen-bond donors (Lipinski definition) is 1. The number of nitrogens with zero attached hydrogens (tertiary/aromatic N) is 2. The van der Waals surface area contributed by atoms with Crippen LogP contribution in [0.3, 0.4) is 0 Å². The van der Waals surface area contributed by atoms with Gasteiger partial charge in [-0.15, -0.1) is 11.8 Å². The molecule has 0 saturated carbocycles. The number of thioether (sulfide) groups is 1. The second kappa shape index (κ2) is 6.73. The molecule has 0 unspecified atom stereocenters. The van der Waals surface area contributed by atoms with Crippen molar-refractivity contribution in [2.24, 2.45) is 0 Å². The molecular weight excluding hydrogens is 396 g/mol. The molecule has 0 radical (unpaired) electrons. The first-order chi connectivity index (χ1) is 13.7. The van der Waals surface area contributed by atoms with E-state index in [9.17, 15) is 18.4 Å². The van der Waals surface area contributed by atoms with E-state index in [0.717, 1.165) is 0 Å². The van der Waals surface area contributed by atoms with Gasteiger partial charge in [0, 0.05) is 23.4 Å². The zero-order valence-corrected chi connectivity index (χ0v) is 17.1. The zero-order valence-electron chi connectivity index (χ0n) is 16.3. The molecule has 0 aliphatic carbocycles. The summed E-state index contributed by atoms with van der Waals surface area (Å²) in [6, 6.07) is 9.44. The first-order valence-electron chi connectivity index (χ1n) is 9.35. The van der Waals surface area contributed by atoms with E-state index >= 15 is 0 Å². The number of benzene rings is 2. The van der Waals surface area contributed by atoms with E-state index in [1.54, 1.807) is 17.0 Å². The van der Waals surface area contributed by atoms with E-state index < -0.39 is 27.3 Å². The van der Waals surface area contributed by atoms with E-state index in [2.05, 4.69) is 5.32 Å². The highest BCUT2D eigenvalue weighted by Crippen LogP contribution is 2.59. The van der Waals surface area contributed by atoms with Crippen molar-refractivity contribution in [2.45, 2.75) is 30.4 Å². The molecule has 1 spiro atoms. The molecule has 2 heterocycles. The van der Waals surface area contributed by atoms with Crippen LogP contribution in [-0.4, -0.2) is 34.7 Å². The summed E-state index contributed by atoms with van der Waals surface area (Å²) in [4.78, 5) is 28.3. The van der Waals surface area contributed by atoms with Crippen molar-refractivity contribution < 1.29 is 18.4 Å². The molecule has 1 fully saturated rings. The summed E-state index contributed by atoms with van der Waals surface area (Å²) in [6.07, 6.45) is 0. The molecule has 1 N–H and O–H groups in total. The van der Waals surface area contributed by atoms with Crippen LogP contribution in [0.15, 0.2) is 42.5 Å². The lowest BCUT2D eigenvalue weighted by atomic mass is 10.0. The van der Waals surface area contributed by atoms with Crippen LogP contribution in [0, 0.1) is 11.6 Å². The van der Waals surface area contributed by atoms with Crippen LogP contribution >= 0.6 is 11.8 Å². The maximum Gasteiger partial charge on any atom is 0.323 e. The lowest BCUT2D eigenvalue weighted by molar-refractivity contribution is -0.123. The van der Waals surface area contributed by atoms with Crippen LogP contribution in [0.4, 0.5) is 25.0 Å². The predicted octanol–water partition coefficient (Wildman–Crippen LogP) is 4.54. The van der Waals surface area contributed by atoms with Gasteiger partial charge in [-0.25, -0.2) is 13.6 Å². The number of fused-ring (bicyclic) bond motifs is 2. The summed E-state index contributed by atoms with van der Waals surface area (Å²) < 4.78 is 27.8. The van der Waals surface area contributed by atoms with Gasteiger partial charge in [-0.05, 0) is 51.1 Å². The van der Waals surface area contributed by atoms with Crippen molar-refractivity contribution in [1.29, 1.82) is 0 Å². The smallest absolute Gasteiger partial charge is 0.309 e. The van der Waals surface area contributed by atoms with Crippen LogP contribution in [0.5, 0.6) is 0 Å². The summed E-state index contributed by atoms with van der Waals surface area (Å²) in [6.45, 7) is 6.33. The minimum atomic E-state index is -1.40. The molecule has 3 amide bonds. The van der Waals surface area contributed by atoms with Crippen molar-refractivity contribution in [2.75, 3.05) is 23.3 Å². The molecule has 152 valence electrons. The highest BCUT2D eigenvalue weighted by molar-refractivity contribution is 8.02. The molecule has 0 aromatic heterocycles. The predicted molar refractivity (Wildman–Crippen MR) is 110 cm³/mol. The number of anilines is 2. The largest absolute Gasteiger partial charge is 0.323 e. The molecule has 2 aromatic carbocycles. The Hall–Kier alpha value is -2.61. The Balaban J connectivity index is 1.82. The van der Waals surface area contributed by atoms with Gasteiger partial charge in [0.25, 0.3) is 5.91 Å². The summed E-state index contributed by atoms with van der Waals surface area (Å²) in [5, 5.41) is 2.57. The molecule has 0 bridgehead atoms. The number of carbonyl (C=O) groups is 2. The Morgan fingerprint density at radius 1 is 1.21 bits per heavy atom. The van der Waals surface area contributed by atoms with Gasteiger partial charge in [0.1, 0.15) is 11.6 Å². The normalized spacial score (nSPS) is 22.3. The molecule has 1 saturated heterocycles. The summed E-state index contributed by atoms with van der Waals surface area (Å²) in [5.41, 5.74) is 1.07. The third-order valence-electron chi connectivity index (χ3n) is 5.17. The minimum absolute atomic E-state index is 0.0274. The maximum absolute atomic E-state index is 14.2. The van der Waals surface area contributed by atoms with Crippen LogP contribution in [0.2, 0.25) is 0 Å². The summed E-state index contributed by atoms with van der Waals surface area (Å²) in [7, 11) is 0. The number of para-hydroxylation sites is 1. The molecule has 2 aliphatic rings. The number of hydrogen-bond acceptors (Lipinski definition) is 3. The van der Waals surface area contributed by atoms with E-state index in [1.165, 1.54) is 47.0 Å². The number of amides is 3. The van der Waals surface area contributed by atoms with Gasteiger partial charge in [0.15, 0.2) is 4.87 Å². The Morgan fingerprint density at radius 2 is 1.93 bits per heavy atom. The molecule has 29 heavy (non-hydrogen) atoms. The van der Waals surface area contributed by atoms with Gasteiger partial charge < -0.3 is 10.2 Å². The zero-order chi connectivity index (χ0) is 21.0. The monoisotopic (exact) mass is 417 g/mol. The number of likely N-dealkylation sites (N-methyl/N-ethyl adjacent to an activating group) is 1. The maximum atomic E-state index is 14.2. The molecule has 2 aromatic rings. The van der Waals surface area contributed by atoms with Crippen molar-refractivity contribution >= 4 is 35.1 Å². The molecule has 4 rings (SSSR count). The van der Waals surface area contributed by atoms with E-state index in [-0.39, 0.29) is 18.1 Å². The van der Waals surface area contributed by atoms with Crippen molar-refractivity contribution in [3.8, 4) is 0 Å². The van der Waals surface area contributed by atoms with Crippen molar-refractivity contribution in [3.05, 3.63) is 59.7 Å². The second-order valence-electron chi connectivity index (χ2n) is 7.71. The Labute approximate surface area is 172 Å². The number of nitrogens with one attached hydrogen (secondary N) is 1. The lowest BCUT2D eigenvalue weighted by Gasteiger charge is -2.33. The fraction of sp³-hybridized carbons (Fsp3) is 0.333. The number of halogens is 2. The van der Waals surface area contributed by atoms with E-state index in [1.807, 2.05) is 20.8 Å². The molecule has 1 atom stereocenters. The third-order valence-corrected chi connectivity index (χ3v) is 6.76. The van der Waals surface area contributed by atoms with Crippen LogP contribution in [-0.2, 0) is 9.67 Å². The fourth-order valence-corrected chi connectivity index (χ4v) is 5.76. The first kappa shape index (κ1) is 19.7. The lowest BCUT2D eigenvalue weighted by Crippen LogP contribution is -2.51. The first-order valence-corrected chi connectivity index (χ1v) is 10.2. The second-order valence-corrected chi connectivity index (χ2v) is 9.61. The molecule has 5 nitrogen and oxygen atoms in total. The Bertz CT molecular complexity index is 1010. The number of urea groups is 1. The van der Waals surface area contributed by atoms with Gasteiger partial charge in [-0.2, -0.15) is 0 Å². The third kappa shape index (κ3) is 2.97. The Kier molecular flexibility index (Phi) is 4.57. The van der Waals surface area contributed by atoms with E-state index in [0.29, 0.717) is 17.8 Å². The standard InChI is InChI=1S/C21H21F2N3O2S/c1-4-25-17-10-9-13(22)11-14(17)21(18(25)27)26(12-20(2,3)29-21)19(28)24-16-8-6-5-7-15(16)23/h5-11H,4,12H2,1-3H3,(H,24,28)/t21-/m1/s1. The molecular formula is C21H21F2N3O2S. The molecule has 8 heteroatoms. The molecule has 2 aliphatic heterocycles. The fourth-order valence-electron chi connectivity index (χ4n) is 4.04. The number of rotatable bonds is 2. The quantitative estimate of drug-likeness (QED) is 0.780. The van der Waals surface area contributed by atoms with Crippen molar-refractivity contribution in [3.63, 3.8) is 0 Å². The highest BCUT2D eigenvalue weighted by atomic mass is 32.2. The van der Waals surface area contributed by atoms with Crippen LogP contribution < -0.4 is 10.2 Å².